The fourth-order valence-corrected chi connectivity index (χ4v) is 3.45. The highest BCUT2D eigenvalue weighted by Gasteiger charge is 2.07. The zero-order chi connectivity index (χ0) is 21.2. The van der Waals surface area contributed by atoms with Crippen molar-refractivity contribution in [2.24, 2.45) is 0 Å². The van der Waals surface area contributed by atoms with Crippen molar-refractivity contribution in [1.82, 2.24) is 10.6 Å². The highest BCUT2D eigenvalue weighted by Crippen LogP contribution is 2.12. The summed E-state index contributed by atoms with van der Waals surface area (Å²) >= 11 is 1.41. The second-order valence-corrected chi connectivity index (χ2v) is 7.93. The Balaban J connectivity index is 1.32. The maximum atomic E-state index is 12.3. The number of ether oxygens (including phenoxy) is 1. The summed E-state index contributed by atoms with van der Waals surface area (Å²) in [4.78, 5) is 24.9. The van der Waals surface area contributed by atoms with E-state index in [9.17, 15) is 9.59 Å². The van der Waals surface area contributed by atoms with Gasteiger partial charge < -0.3 is 15.4 Å². The normalized spacial score (nSPS) is 10.4. The number of hydrogen-bond donors (Lipinski definition) is 2. The van der Waals surface area contributed by atoms with E-state index >= 15 is 0 Å². The second kappa shape index (κ2) is 11.2. The first-order valence-corrected chi connectivity index (χ1v) is 10.9. The van der Waals surface area contributed by atoms with Crippen molar-refractivity contribution >= 4 is 23.2 Å². The Labute approximate surface area is 181 Å². The van der Waals surface area contributed by atoms with Gasteiger partial charge in [-0.25, -0.2) is 0 Å². The molecule has 2 N–H and O–H groups in total. The van der Waals surface area contributed by atoms with Crippen molar-refractivity contribution in [2.45, 2.75) is 26.3 Å². The van der Waals surface area contributed by atoms with Crippen molar-refractivity contribution in [1.29, 1.82) is 0 Å². The molecular formula is C24H26N2O3S. The first-order chi connectivity index (χ1) is 14.6. The van der Waals surface area contributed by atoms with Crippen LogP contribution in [0.2, 0.25) is 0 Å². The molecule has 0 unspecified atom stereocenters. The number of thiophene rings is 1. The fraction of sp³-hybridized carbons (Fsp3) is 0.250. The van der Waals surface area contributed by atoms with Gasteiger partial charge in [0.15, 0.2) is 0 Å². The first kappa shape index (κ1) is 21.6. The van der Waals surface area contributed by atoms with Crippen LogP contribution in [0.5, 0.6) is 5.75 Å². The third-order valence-corrected chi connectivity index (χ3v) is 5.43. The molecule has 0 saturated heterocycles. The number of benzene rings is 2. The van der Waals surface area contributed by atoms with Gasteiger partial charge in [0, 0.05) is 18.7 Å². The molecule has 0 bridgehead atoms. The Hall–Kier alpha value is -3.12. The van der Waals surface area contributed by atoms with Crippen LogP contribution in [0.3, 0.4) is 0 Å². The number of carbonyl (C=O) groups excluding carboxylic acids is 2. The Morgan fingerprint density at radius 3 is 2.37 bits per heavy atom. The summed E-state index contributed by atoms with van der Waals surface area (Å²) in [6.45, 7) is 3.71. The summed E-state index contributed by atoms with van der Waals surface area (Å²) in [6, 6.07) is 18.9. The van der Waals surface area contributed by atoms with E-state index in [-0.39, 0.29) is 11.8 Å². The molecule has 0 aliphatic rings. The van der Waals surface area contributed by atoms with Crippen molar-refractivity contribution < 1.29 is 14.3 Å². The van der Waals surface area contributed by atoms with Gasteiger partial charge in [-0.1, -0.05) is 35.9 Å². The van der Waals surface area contributed by atoms with E-state index in [1.165, 1.54) is 16.9 Å². The average molecular weight is 423 g/mol. The molecule has 3 rings (SSSR count). The molecule has 1 heterocycles. The molecule has 6 heteroatoms. The molecule has 1 aromatic heterocycles. The van der Waals surface area contributed by atoms with Gasteiger partial charge in [0.25, 0.3) is 11.8 Å². The van der Waals surface area contributed by atoms with E-state index in [1.807, 2.05) is 54.8 Å². The lowest BCUT2D eigenvalue weighted by Gasteiger charge is -2.08. The van der Waals surface area contributed by atoms with Gasteiger partial charge in [0.1, 0.15) is 5.75 Å². The minimum absolute atomic E-state index is 0.0850. The van der Waals surface area contributed by atoms with Crippen LogP contribution in [0, 0.1) is 6.92 Å². The molecule has 156 valence electrons. The zero-order valence-electron chi connectivity index (χ0n) is 17.0. The largest absolute Gasteiger partial charge is 0.494 e. The van der Waals surface area contributed by atoms with Crippen LogP contribution in [-0.2, 0) is 6.54 Å². The van der Waals surface area contributed by atoms with E-state index in [0.717, 1.165) is 24.2 Å². The van der Waals surface area contributed by atoms with Gasteiger partial charge in [0.05, 0.1) is 11.5 Å². The van der Waals surface area contributed by atoms with E-state index in [1.54, 1.807) is 18.2 Å². The Kier molecular flexibility index (Phi) is 8.03. The average Bonchev–Trinajstić information content (AvgIpc) is 3.31. The molecule has 0 spiro atoms. The van der Waals surface area contributed by atoms with E-state index in [0.29, 0.717) is 30.1 Å². The summed E-state index contributed by atoms with van der Waals surface area (Å²) in [7, 11) is 0. The monoisotopic (exact) mass is 422 g/mol. The minimum Gasteiger partial charge on any atom is -0.494 e. The smallest absolute Gasteiger partial charge is 0.261 e. The lowest BCUT2D eigenvalue weighted by Crippen LogP contribution is -2.25. The van der Waals surface area contributed by atoms with Crippen molar-refractivity contribution in [3.05, 3.63) is 87.6 Å². The van der Waals surface area contributed by atoms with E-state index in [2.05, 4.69) is 10.6 Å². The number of unbranched alkanes of at least 4 members (excludes halogenated alkanes) is 1. The maximum Gasteiger partial charge on any atom is 0.261 e. The molecule has 0 fully saturated rings. The Bertz CT molecular complexity index is 936. The van der Waals surface area contributed by atoms with Gasteiger partial charge in [0.2, 0.25) is 0 Å². The highest BCUT2D eigenvalue weighted by atomic mass is 32.1. The third-order valence-electron chi connectivity index (χ3n) is 4.56. The summed E-state index contributed by atoms with van der Waals surface area (Å²) in [6.07, 6.45) is 1.72. The number of hydrogen-bond acceptors (Lipinski definition) is 4. The topological polar surface area (TPSA) is 67.4 Å². The molecule has 0 atom stereocenters. The number of carbonyl (C=O) groups is 2. The molecule has 5 nitrogen and oxygen atoms in total. The zero-order valence-corrected chi connectivity index (χ0v) is 17.8. The number of aryl methyl sites for hydroxylation is 1. The first-order valence-electron chi connectivity index (χ1n) is 10.00. The van der Waals surface area contributed by atoms with Gasteiger partial charge in [-0.15, -0.1) is 11.3 Å². The minimum atomic E-state index is -0.0939. The molecule has 0 aliphatic heterocycles. The summed E-state index contributed by atoms with van der Waals surface area (Å²) in [5.41, 5.74) is 2.77. The van der Waals surface area contributed by atoms with Crippen molar-refractivity contribution in [3.63, 3.8) is 0 Å². The SMILES string of the molecule is Cc1ccc(OCCCCNC(=O)c2ccc(CNC(=O)c3cccs3)cc2)cc1. The van der Waals surface area contributed by atoms with Crippen molar-refractivity contribution in [3.8, 4) is 5.75 Å². The number of amides is 2. The van der Waals surface area contributed by atoms with Gasteiger partial charge in [-0.3, -0.25) is 9.59 Å². The number of rotatable bonds is 10. The van der Waals surface area contributed by atoms with Crippen molar-refractivity contribution in [2.75, 3.05) is 13.2 Å². The standard InChI is InChI=1S/C24H26N2O3S/c1-18-6-12-21(13-7-18)29-15-3-2-14-25-23(27)20-10-8-19(9-11-20)17-26-24(28)22-5-4-16-30-22/h4-13,16H,2-3,14-15,17H2,1H3,(H,25,27)(H,26,28). The van der Waals surface area contributed by atoms with Gasteiger partial charge in [-0.05, 0) is 61.0 Å². The van der Waals surface area contributed by atoms with Crippen LogP contribution in [0.25, 0.3) is 0 Å². The summed E-state index contributed by atoms with van der Waals surface area (Å²) in [5.74, 6) is 0.693. The lowest BCUT2D eigenvalue weighted by atomic mass is 10.1. The molecule has 0 aliphatic carbocycles. The molecule has 0 radical (unpaired) electrons. The molecular weight excluding hydrogens is 396 g/mol. The highest BCUT2D eigenvalue weighted by molar-refractivity contribution is 7.12. The van der Waals surface area contributed by atoms with Crippen LogP contribution in [0.1, 0.15) is 44.0 Å². The van der Waals surface area contributed by atoms with Crippen LogP contribution < -0.4 is 15.4 Å². The molecule has 2 aromatic carbocycles. The lowest BCUT2D eigenvalue weighted by molar-refractivity contribution is 0.0944. The van der Waals surface area contributed by atoms with E-state index in [4.69, 9.17) is 4.74 Å². The molecule has 0 saturated carbocycles. The third kappa shape index (κ3) is 6.74. The van der Waals surface area contributed by atoms with Gasteiger partial charge >= 0.3 is 0 Å². The predicted molar refractivity (Wildman–Crippen MR) is 120 cm³/mol. The van der Waals surface area contributed by atoms with Crippen LogP contribution in [0.4, 0.5) is 0 Å². The Morgan fingerprint density at radius 1 is 0.900 bits per heavy atom. The predicted octanol–water partition coefficient (Wildman–Crippen LogP) is 4.58. The Morgan fingerprint density at radius 2 is 1.67 bits per heavy atom. The fourth-order valence-electron chi connectivity index (χ4n) is 2.81. The molecule has 30 heavy (non-hydrogen) atoms. The van der Waals surface area contributed by atoms with Crippen LogP contribution in [0.15, 0.2) is 66.0 Å². The molecule has 3 aromatic rings. The second-order valence-electron chi connectivity index (χ2n) is 6.98. The molecule has 2 amide bonds. The van der Waals surface area contributed by atoms with Crippen LogP contribution in [-0.4, -0.2) is 25.0 Å². The van der Waals surface area contributed by atoms with Crippen LogP contribution >= 0.6 is 11.3 Å². The quantitative estimate of drug-likeness (QED) is 0.470. The maximum absolute atomic E-state index is 12.3. The summed E-state index contributed by atoms with van der Waals surface area (Å²) in [5, 5.41) is 7.68. The van der Waals surface area contributed by atoms with E-state index < -0.39 is 0 Å². The number of nitrogens with one attached hydrogen (secondary N) is 2. The van der Waals surface area contributed by atoms with Gasteiger partial charge in [-0.2, -0.15) is 0 Å². The summed E-state index contributed by atoms with van der Waals surface area (Å²) < 4.78 is 5.69.